The fourth-order valence-electron chi connectivity index (χ4n) is 1.83. The zero-order valence-corrected chi connectivity index (χ0v) is 12.5. The summed E-state index contributed by atoms with van der Waals surface area (Å²) in [7, 11) is 1.64. The van der Waals surface area contributed by atoms with Gasteiger partial charge in [0, 0.05) is 16.7 Å². The summed E-state index contributed by atoms with van der Waals surface area (Å²) in [6.45, 7) is 6.44. The van der Waals surface area contributed by atoms with Gasteiger partial charge in [-0.2, -0.15) is 0 Å². The number of ether oxygens (including phenoxy) is 1. The number of rotatable bonds is 2. The SMILES string of the molecule is COc1ccc(Cl)c(-c2cccc(C(C)(C)C)n2)c1. The molecule has 0 amide bonds. The maximum Gasteiger partial charge on any atom is 0.119 e. The minimum absolute atomic E-state index is 0.0152. The molecule has 2 nitrogen and oxygen atoms in total. The molecule has 2 rings (SSSR count). The van der Waals surface area contributed by atoms with Crippen LogP contribution in [0, 0.1) is 0 Å². The van der Waals surface area contributed by atoms with E-state index in [9.17, 15) is 0 Å². The van der Waals surface area contributed by atoms with Crippen molar-refractivity contribution in [2.45, 2.75) is 26.2 Å². The predicted molar refractivity (Wildman–Crippen MR) is 79.9 cm³/mol. The van der Waals surface area contributed by atoms with Crippen LogP contribution in [0.3, 0.4) is 0 Å². The third-order valence-electron chi connectivity index (χ3n) is 2.97. The molecular weight excluding hydrogens is 258 g/mol. The number of methoxy groups -OCH3 is 1. The average Bonchev–Trinajstić information content (AvgIpc) is 2.38. The number of hydrogen-bond donors (Lipinski definition) is 0. The lowest BCUT2D eigenvalue weighted by molar-refractivity contribution is 0.415. The van der Waals surface area contributed by atoms with Crippen LogP contribution >= 0.6 is 11.6 Å². The fraction of sp³-hybridized carbons (Fsp3) is 0.312. The first-order valence-corrected chi connectivity index (χ1v) is 6.61. The lowest BCUT2D eigenvalue weighted by Gasteiger charge is -2.18. The third-order valence-corrected chi connectivity index (χ3v) is 3.30. The standard InChI is InChI=1S/C16H18ClNO/c1-16(2,3)15-7-5-6-14(18-15)12-10-11(19-4)8-9-13(12)17/h5-10H,1-4H3. The van der Waals surface area contributed by atoms with E-state index in [0.29, 0.717) is 5.02 Å². The quantitative estimate of drug-likeness (QED) is 0.792. The van der Waals surface area contributed by atoms with Crippen LogP contribution in [0.5, 0.6) is 5.75 Å². The van der Waals surface area contributed by atoms with Crippen LogP contribution in [0.2, 0.25) is 5.02 Å². The number of pyridine rings is 1. The summed E-state index contributed by atoms with van der Waals surface area (Å²) < 4.78 is 5.24. The second-order valence-electron chi connectivity index (χ2n) is 5.50. The van der Waals surface area contributed by atoms with Crippen LogP contribution in [0.1, 0.15) is 26.5 Å². The van der Waals surface area contributed by atoms with Crippen LogP contribution in [-0.2, 0) is 5.41 Å². The van der Waals surface area contributed by atoms with E-state index >= 15 is 0 Å². The lowest BCUT2D eigenvalue weighted by atomic mass is 9.91. The van der Waals surface area contributed by atoms with Crippen molar-refractivity contribution in [3.05, 3.63) is 47.1 Å². The van der Waals surface area contributed by atoms with Crippen molar-refractivity contribution in [2.24, 2.45) is 0 Å². The third kappa shape index (κ3) is 3.07. The number of benzene rings is 1. The molecule has 0 saturated heterocycles. The highest BCUT2D eigenvalue weighted by molar-refractivity contribution is 6.33. The topological polar surface area (TPSA) is 22.1 Å². The summed E-state index contributed by atoms with van der Waals surface area (Å²) in [5.41, 5.74) is 2.83. The van der Waals surface area contributed by atoms with E-state index in [1.165, 1.54) is 0 Å². The Labute approximate surface area is 119 Å². The van der Waals surface area contributed by atoms with Gasteiger partial charge in [-0.15, -0.1) is 0 Å². The van der Waals surface area contributed by atoms with Crippen molar-refractivity contribution in [3.8, 4) is 17.0 Å². The Balaban J connectivity index is 2.53. The maximum absolute atomic E-state index is 6.26. The summed E-state index contributed by atoms with van der Waals surface area (Å²) in [6.07, 6.45) is 0. The highest BCUT2D eigenvalue weighted by atomic mass is 35.5. The number of aromatic nitrogens is 1. The Morgan fingerprint density at radius 3 is 2.47 bits per heavy atom. The zero-order valence-electron chi connectivity index (χ0n) is 11.7. The van der Waals surface area contributed by atoms with Crippen LogP contribution < -0.4 is 4.74 Å². The van der Waals surface area contributed by atoms with Gasteiger partial charge in [0.2, 0.25) is 0 Å². The van der Waals surface area contributed by atoms with Crippen molar-refractivity contribution in [2.75, 3.05) is 7.11 Å². The Morgan fingerprint density at radius 1 is 1.11 bits per heavy atom. The molecule has 0 N–H and O–H groups in total. The average molecular weight is 276 g/mol. The van der Waals surface area contributed by atoms with Gasteiger partial charge in [0.25, 0.3) is 0 Å². The van der Waals surface area contributed by atoms with Crippen LogP contribution in [-0.4, -0.2) is 12.1 Å². The van der Waals surface area contributed by atoms with E-state index in [0.717, 1.165) is 22.7 Å². The second-order valence-corrected chi connectivity index (χ2v) is 5.91. The lowest BCUT2D eigenvalue weighted by Crippen LogP contribution is -2.13. The molecule has 0 spiro atoms. The molecule has 0 aliphatic carbocycles. The monoisotopic (exact) mass is 275 g/mol. The van der Waals surface area contributed by atoms with Crippen LogP contribution in [0.15, 0.2) is 36.4 Å². The van der Waals surface area contributed by atoms with Gasteiger partial charge in [-0.05, 0) is 30.3 Å². The summed E-state index contributed by atoms with van der Waals surface area (Å²) in [5, 5.41) is 0.680. The molecule has 19 heavy (non-hydrogen) atoms. The summed E-state index contributed by atoms with van der Waals surface area (Å²) in [4.78, 5) is 4.71. The van der Waals surface area contributed by atoms with Crippen LogP contribution in [0.4, 0.5) is 0 Å². The van der Waals surface area contributed by atoms with E-state index < -0.39 is 0 Å². The van der Waals surface area contributed by atoms with E-state index in [1.807, 2.05) is 36.4 Å². The summed E-state index contributed by atoms with van der Waals surface area (Å²) in [6, 6.07) is 11.6. The zero-order chi connectivity index (χ0) is 14.0. The van der Waals surface area contributed by atoms with Crippen LogP contribution in [0.25, 0.3) is 11.3 Å². The molecule has 0 aliphatic heterocycles. The van der Waals surface area contributed by atoms with E-state index in [4.69, 9.17) is 21.3 Å². The van der Waals surface area contributed by atoms with Gasteiger partial charge in [-0.3, -0.25) is 4.98 Å². The van der Waals surface area contributed by atoms with Gasteiger partial charge in [0.1, 0.15) is 5.75 Å². The molecule has 0 aliphatic rings. The normalized spacial score (nSPS) is 11.4. The first kappa shape index (κ1) is 13.9. The maximum atomic E-state index is 6.26. The van der Waals surface area contributed by atoms with E-state index in [1.54, 1.807) is 7.11 Å². The minimum Gasteiger partial charge on any atom is -0.497 e. The largest absolute Gasteiger partial charge is 0.497 e. The molecule has 0 saturated carbocycles. The molecule has 1 aromatic heterocycles. The first-order chi connectivity index (χ1) is 8.91. The van der Waals surface area contributed by atoms with Gasteiger partial charge in [-0.1, -0.05) is 38.4 Å². The molecule has 0 fully saturated rings. The summed E-state index contributed by atoms with van der Waals surface area (Å²) >= 11 is 6.26. The first-order valence-electron chi connectivity index (χ1n) is 6.23. The molecule has 1 heterocycles. The molecule has 0 unspecified atom stereocenters. The predicted octanol–water partition coefficient (Wildman–Crippen LogP) is 4.71. The van der Waals surface area contributed by atoms with Crippen molar-refractivity contribution in [1.82, 2.24) is 4.98 Å². The van der Waals surface area contributed by atoms with Crippen molar-refractivity contribution in [3.63, 3.8) is 0 Å². The summed E-state index contributed by atoms with van der Waals surface area (Å²) in [5.74, 6) is 0.780. The Kier molecular flexibility index (Phi) is 3.81. The second kappa shape index (κ2) is 5.22. The molecule has 100 valence electrons. The van der Waals surface area contributed by atoms with Crippen molar-refractivity contribution in [1.29, 1.82) is 0 Å². The molecule has 0 atom stereocenters. The molecular formula is C16H18ClNO. The van der Waals surface area contributed by atoms with Gasteiger partial charge >= 0.3 is 0 Å². The Bertz CT molecular complexity index is 588. The minimum atomic E-state index is 0.0152. The highest BCUT2D eigenvalue weighted by Crippen LogP contribution is 2.31. The van der Waals surface area contributed by atoms with Gasteiger partial charge in [-0.25, -0.2) is 0 Å². The molecule has 0 bridgehead atoms. The molecule has 1 aromatic carbocycles. The van der Waals surface area contributed by atoms with E-state index in [-0.39, 0.29) is 5.41 Å². The van der Waals surface area contributed by atoms with Gasteiger partial charge in [0.15, 0.2) is 0 Å². The van der Waals surface area contributed by atoms with Gasteiger partial charge in [0.05, 0.1) is 17.8 Å². The van der Waals surface area contributed by atoms with Crippen molar-refractivity contribution < 1.29 is 4.74 Å². The number of hydrogen-bond acceptors (Lipinski definition) is 2. The smallest absolute Gasteiger partial charge is 0.119 e. The Hall–Kier alpha value is -1.54. The van der Waals surface area contributed by atoms with E-state index in [2.05, 4.69) is 20.8 Å². The van der Waals surface area contributed by atoms with Gasteiger partial charge < -0.3 is 4.74 Å². The molecule has 3 heteroatoms. The fourth-order valence-corrected chi connectivity index (χ4v) is 2.04. The number of nitrogens with zero attached hydrogens (tertiary/aromatic N) is 1. The Morgan fingerprint density at radius 2 is 1.84 bits per heavy atom. The molecule has 2 aromatic rings. The highest BCUT2D eigenvalue weighted by Gasteiger charge is 2.16. The number of halogens is 1. The molecule has 0 radical (unpaired) electrons. The van der Waals surface area contributed by atoms with Crippen molar-refractivity contribution >= 4 is 11.6 Å².